The van der Waals surface area contributed by atoms with Crippen LogP contribution < -0.4 is 5.32 Å². The molecular weight excluding hydrogens is 1270 g/mol. The molecule has 0 bridgehead atoms. The summed E-state index contributed by atoms with van der Waals surface area (Å²) in [6, 6.07) is -1.28. The fraction of sp³-hybridized carbons (Fsp3) is 0.938. The first-order chi connectivity index (χ1) is 45.0. The maximum absolute atomic E-state index is 15.7. The van der Waals surface area contributed by atoms with Crippen molar-refractivity contribution in [2.75, 3.05) is 33.0 Å². The molecule has 4 saturated carbocycles. The molecular formula is C65H105NO30. The lowest BCUT2D eigenvalue weighted by atomic mass is 9.33. The lowest BCUT2D eigenvalue weighted by Gasteiger charge is -2.72. The van der Waals surface area contributed by atoms with Crippen LogP contribution in [0.4, 0.5) is 0 Å². The number of fused-ring (bicyclic) bond motifs is 7. The number of aliphatic hydroxyl groups is 16. The van der Waals surface area contributed by atoms with Crippen molar-refractivity contribution in [1.82, 2.24) is 5.32 Å². The van der Waals surface area contributed by atoms with Gasteiger partial charge in [-0.25, -0.2) is 0 Å². The van der Waals surface area contributed by atoms with Crippen molar-refractivity contribution >= 4 is 11.9 Å². The van der Waals surface area contributed by atoms with E-state index in [0.717, 1.165) is 12.0 Å². The summed E-state index contributed by atoms with van der Waals surface area (Å²) in [4.78, 5) is 28.5. The quantitative estimate of drug-likeness (QED) is 0.0395. The SMILES string of the molecule is CC(=O)N[C@H]1[C@H](O[C@H]2CC[C@]3(C)[C@H]4CC=C5[C@@H]6CC(C)(C)CC[C@]6(C(=O)O[C@@H]6OC[C@H](O)[C@H](O)[C@H]6O[C@@H]6O[C@@H](C)[C@H](O[C@@H]7O[C@@H](CO)[C@H](O)[C@H]7O)[C@@H](O[C@@H]7OC[C@@H](O)[C@H](O)[C@H]7O)[C@H]6O)[C@H](O)C[C@@]5(C)[C@]4(C)CC[C@H]3C2(C)C)O[C@H](CO)[C@@H](O[C@@H]2O[C@H](CO)[C@@H](O)[C@H](O)[C@H]2O)[C@@H]1O. The van der Waals surface area contributed by atoms with Crippen LogP contribution in [-0.4, -0.2) is 305 Å². The van der Waals surface area contributed by atoms with Gasteiger partial charge in [0.2, 0.25) is 12.2 Å². The summed E-state index contributed by atoms with van der Waals surface area (Å²) >= 11 is 0. The number of hydrogen-bond acceptors (Lipinski definition) is 30. The first-order valence-corrected chi connectivity index (χ1v) is 34.0. The molecule has 11 rings (SSSR count). The predicted octanol–water partition coefficient (Wildman–Crippen LogP) is -4.33. The van der Waals surface area contributed by atoms with Crippen molar-refractivity contribution in [2.24, 2.45) is 50.2 Å². The first-order valence-electron chi connectivity index (χ1n) is 34.0. The van der Waals surface area contributed by atoms with Crippen molar-refractivity contribution in [2.45, 2.75) is 298 Å². The third-order valence-electron chi connectivity index (χ3n) is 24.9. The smallest absolute Gasteiger partial charge is 0.317 e. The number of nitrogens with one attached hydrogen (secondary N) is 1. The number of allylic oxidation sites excluding steroid dienone is 2. The summed E-state index contributed by atoms with van der Waals surface area (Å²) in [6.45, 7) is 14.8. The molecule has 0 aromatic carbocycles. The van der Waals surface area contributed by atoms with E-state index in [4.69, 9.17) is 56.8 Å². The highest BCUT2D eigenvalue weighted by atomic mass is 16.8. The number of rotatable bonds is 16. The van der Waals surface area contributed by atoms with Crippen LogP contribution in [0.3, 0.4) is 0 Å². The van der Waals surface area contributed by atoms with Gasteiger partial charge in [-0.15, -0.1) is 0 Å². The minimum absolute atomic E-state index is 0.0233. The van der Waals surface area contributed by atoms with Gasteiger partial charge in [-0.3, -0.25) is 9.59 Å². The number of hydrogen-bond donors (Lipinski definition) is 17. The molecule has 550 valence electrons. The highest BCUT2D eigenvalue weighted by Gasteiger charge is 2.72. The molecule has 6 saturated heterocycles. The molecule has 36 atom stereocenters. The van der Waals surface area contributed by atoms with Gasteiger partial charge in [0.05, 0.1) is 51.3 Å². The Balaban J connectivity index is 0.822. The van der Waals surface area contributed by atoms with E-state index in [2.05, 4.69) is 59.9 Å². The van der Waals surface area contributed by atoms with Gasteiger partial charge in [-0.2, -0.15) is 0 Å². The molecule has 10 fully saturated rings. The molecule has 0 unspecified atom stereocenters. The zero-order valence-electron chi connectivity index (χ0n) is 55.8. The largest absolute Gasteiger partial charge is 0.432 e. The van der Waals surface area contributed by atoms with E-state index >= 15 is 4.79 Å². The van der Waals surface area contributed by atoms with Crippen LogP contribution in [0, 0.1) is 50.2 Å². The number of carbonyl (C=O) groups is 2. The Kier molecular flexibility index (Phi) is 21.8. The zero-order chi connectivity index (χ0) is 70.0. The van der Waals surface area contributed by atoms with Gasteiger partial charge in [-0.1, -0.05) is 60.1 Å². The number of amides is 1. The normalized spacial score (nSPS) is 53.2. The van der Waals surface area contributed by atoms with Gasteiger partial charge in [-0.05, 0) is 110 Å². The second-order valence-corrected chi connectivity index (χ2v) is 31.3. The third-order valence-corrected chi connectivity index (χ3v) is 24.9. The van der Waals surface area contributed by atoms with Gasteiger partial charge in [0.25, 0.3) is 0 Å². The van der Waals surface area contributed by atoms with E-state index in [9.17, 15) is 86.5 Å². The summed E-state index contributed by atoms with van der Waals surface area (Å²) in [5.74, 6) is -1.88. The molecule has 0 radical (unpaired) electrons. The van der Waals surface area contributed by atoms with Gasteiger partial charge in [0, 0.05) is 6.92 Å². The van der Waals surface area contributed by atoms with E-state index in [1.807, 2.05) is 0 Å². The Bertz CT molecular complexity index is 2750. The topological polar surface area (TPSA) is 481 Å². The summed E-state index contributed by atoms with van der Waals surface area (Å²) in [6.07, 6.45) is -37.5. The van der Waals surface area contributed by atoms with Gasteiger partial charge >= 0.3 is 5.97 Å². The Morgan fingerprint density at radius 1 is 0.531 bits per heavy atom. The molecule has 11 aliphatic rings. The third kappa shape index (κ3) is 12.8. The number of ether oxygens (including phenoxy) is 12. The molecule has 96 heavy (non-hydrogen) atoms. The minimum atomic E-state index is -2.01. The van der Waals surface area contributed by atoms with E-state index in [1.165, 1.54) is 13.8 Å². The van der Waals surface area contributed by atoms with Crippen molar-refractivity contribution in [3.63, 3.8) is 0 Å². The van der Waals surface area contributed by atoms with E-state index in [-0.39, 0.29) is 35.5 Å². The average molecular weight is 1380 g/mol. The maximum atomic E-state index is 15.7. The van der Waals surface area contributed by atoms with Crippen LogP contribution in [-0.2, 0) is 66.4 Å². The monoisotopic (exact) mass is 1380 g/mol. The molecule has 0 aromatic heterocycles. The van der Waals surface area contributed by atoms with E-state index < -0.39 is 251 Å². The lowest BCUT2D eigenvalue weighted by Crippen LogP contribution is -2.69. The van der Waals surface area contributed by atoms with Crippen LogP contribution in [0.15, 0.2) is 11.6 Å². The molecule has 6 heterocycles. The van der Waals surface area contributed by atoms with Crippen molar-refractivity contribution in [3.8, 4) is 0 Å². The summed E-state index contributed by atoms with van der Waals surface area (Å²) in [7, 11) is 0. The lowest BCUT2D eigenvalue weighted by molar-refractivity contribution is -0.382. The second kappa shape index (κ2) is 28.0. The molecule has 31 heteroatoms. The molecule has 5 aliphatic carbocycles. The van der Waals surface area contributed by atoms with Crippen LogP contribution >= 0.6 is 0 Å². The fourth-order valence-corrected chi connectivity index (χ4v) is 19.2. The van der Waals surface area contributed by atoms with Crippen LogP contribution in [0.1, 0.15) is 120 Å². The van der Waals surface area contributed by atoms with Gasteiger partial charge in [0.15, 0.2) is 37.6 Å². The summed E-state index contributed by atoms with van der Waals surface area (Å²) in [5.41, 5.74) is -2.89. The van der Waals surface area contributed by atoms with Crippen molar-refractivity contribution in [3.05, 3.63) is 11.6 Å². The van der Waals surface area contributed by atoms with Crippen molar-refractivity contribution in [1.29, 1.82) is 0 Å². The molecule has 0 spiro atoms. The van der Waals surface area contributed by atoms with Crippen LogP contribution in [0.25, 0.3) is 0 Å². The summed E-state index contributed by atoms with van der Waals surface area (Å²) in [5, 5.41) is 178. The van der Waals surface area contributed by atoms with Gasteiger partial charge in [0.1, 0.15) is 121 Å². The van der Waals surface area contributed by atoms with Crippen LogP contribution in [0.5, 0.6) is 0 Å². The maximum Gasteiger partial charge on any atom is 0.317 e. The zero-order valence-corrected chi connectivity index (χ0v) is 55.8. The van der Waals surface area contributed by atoms with Crippen molar-refractivity contribution < 1.29 is 148 Å². The first kappa shape index (κ1) is 74.8. The fourth-order valence-electron chi connectivity index (χ4n) is 19.2. The summed E-state index contributed by atoms with van der Waals surface area (Å²) < 4.78 is 72.8. The van der Waals surface area contributed by atoms with Crippen LogP contribution in [0.2, 0.25) is 0 Å². The van der Waals surface area contributed by atoms with E-state index in [0.29, 0.717) is 38.5 Å². The Morgan fingerprint density at radius 2 is 1.08 bits per heavy atom. The Labute approximate surface area is 556 Å². The minimum Gasteiger partial charge on any atom is -0.432 e. The highest BCUT2D eigenvalue weighted by molar-refractivity contribution is 5.80. The predicted molar refractivity (Wildman–Crippen MR) is 322 cm³/mol. The Hall–Kier alpha value is -2.40. The second-order valence-electron chi connectivity index (χ2n) is 31.3. The number of aliphatic hydroxyl groups excluding tert-OH is 16. The molecule has 0 aromatic rings. The Morgan fingerprint density at radius 3 is 1.72 bits per heavy atom. The molecule has 31 nitrogen and oxygen atoms in total. The standard InChI is InChI=1S/C65H105NO30/c1-25-49(92-55-46(81)42(77)32(21-68)89-55)51(94-54-45(80)39(74)29(71)23-85-54)48(83)57(87-25)95-52-40(75)30(72)24-86-58(52)96-59(84)65-17-16-60(3,4)18-28(65)27-10-11-35-62(7)14-13-37(61(5,6)34(62)12-15-63(35,8)64(27,9)19-36(65)73)91-53-38(66-26(2)70)43(78)50(33(22-69)90-53)93-56-47(82)44(79)41(76)31(20-67)88-56/h10,25,28-58,67-69,71-83H,11-24H2,1-9H3,(H,66,70)/t25-,28-,29+,30-,31+,32-,33+,34-,35+,36+,37-,38+,39-,40-,41+,42-,43+,44-,45+,46+,47+,48+,49-,50+,51-,52+,53-,54-,55-,56-,57-,58-,62-,63+,64+,65+/m0/s1. The van der Waals surface area contributed by atoms with Gasteiger partial charge < -0.3 is 144 Å². The molecule has 17 N–H and O–H groups in total. The number of esters is 1. The average Bonchev–Trinajstić information content (AvgIpc) is 0.718. The van der Waals surface area contributed by atoms with E-state index in [1.54, 1.807) is 0 Å². The number of carbonyl (C=O) groups excluding carboxylic acids is 2. The molecule has 6 aliphatic heterocycles. The molecule has 1 amide bonds. The highest BCUT2D eigenvalue weighted by Crippen LogP contribution is 2.76.